The number of hydrogen-bond donors (Lipinski definition) is 1. The van der Waals surface area contributed by atoms with Crippen molar-refractivity contribution in [3.05, 3.63) is 35.6 Å². The Labute approximate surface area is 121 Å². The summed E-state index contributed by atoms with van der Waals surface area (Å²) in [5.41, 5.74) is 0.875. The quantitative estimate of drug-likeness (QED) is 0.847. The molecule has 20 heavy (non-hydrogen) atoms. The van der Waals surface area contributed by atoms with Crippen LogP contribution in [0.25, 0.3) is 0 Å². The summed E-state index contributed by atoms with van der Waals surface area (Å²) in [5, 5.41) is 3.62. The van der Waals surface area contributed by atoms with Crippen LogP contribution in [0.2, 0.25) is 0 Å². The van der Waals surface area contributed by atoms with Gasteiger partial charge in [-0.15, -0.1) is 0 Å². The molecule has 0 aromatic heterocycles. The summed E-state index contributed by atoms with van der Waals surface area (Å²) in [4.78, 5) is 0. The van der Waals surface area contributed by atoms with E-state index in [4.69, 9.17) is 4.74 Å². The van der Waals surface area contributed by atoms with Gasteiger partial charge in [0.05, 0.1) is 6.10 Å². The predicted octanol–water partition coefficient (Wildman–Crippen LogP) is 4.07. The van der Waals surface area contributed by atoms with E-state index in [1.54, 1.807) is 6.07 Å². The molecule has 112 valence electrons. The van der Waals surface area contributed by atoms with E-state index in [-0.39, 0.29) is 17.3 Å². The average Bonchev–Trinajstić information content (AvgIpc) is 2.43. The summed E-state index contributed by atoms with van der Waals surface area (Å²) in [6.07, 6.45) is 2.20. The van der Waals surface area contributed by atoms with Crippen molar-refractivity contribution < 1.29 is 9.13 Å². The molecule has 0 bridgehead atoms. The normalized spacial score (nSPS) is 26.1. The van der Waals surface area contributed by atoms with Crippen molar-refractivity contribution in [3.8, 4) is 0 Å². The molecule has 1 saturated carbocycles. The van der Waals surface area contributed by atoms with Crippen LogP contribution in [-0.2, 0) is 4.74 Å². The second-order valence-electron chi connectivity index (χ2n) is 6.20. The molecular weight excluding hydrogens is 253 g/mol. The maximum absolute atomic E-state index is 13.9. The summed E-state index contributed by atoms with van der Waals surface area (Å²) in [6, 6.07) is 7.50. The third-order valence-corrected chi connectivity index (χ3v) is 4.64. The van der Waals surface area contributed by atoms with Crippen LogP contribution < -0.4 is 5.32 Å². The smallest absolute Gasteiger partial charge is 0.127 e. The number of nitrogens with one attached hydrogen (secondary N) is 1. The minimum absolute atomic E-state index is 0.0723. The number of rotatable bonds is 6. The number of hydrogen-bond acceptors (Lipinski definition) is 2. The molecule has 2 nitrogen and oxygen atoms in total. The second-order valence-corrected chi connectivity index (χ2v) is 6.20. The highest BCUT2D eigenvalue weighted by molar-refractivity contribution is 5.22. The highest BCUT2D eigenvalue weighted by Crippen LogP contribution is 2.44. The first-order chi connectivity index (χ1) is 9.50. The first kappa shape index (κ1) is 15.5. The fraction of sp³-hybridized carbons (Fsp3) is 0.647. The second kappa shape index (κ2) is 6.23. The van der Waals surface area contributed by atoms with Crippen molar-refractivity contribution in [2.45, 2.75) is 58.7 Å². The summed E-state index contributed by atoms with van der Waals surface area (Å²) in [5.74, 6) is -0.120. The Morgan fingerprint density at radius 2 is 2.05 bits per heavy atom. The molecule has 1 fully saturated rings. The van der Waals surface area contributed by atoms with Gasteiger partial charge < -0.3 is 10.1 Å². The predicted molar refractivity (Wildman–Crippen MR) is 80.2 cm³/mol. The molecule has 1 aromatic rings. The Bertz CT molecular complexity index is 446. The van der Waals surface area contributed by atoms with E-state index < -0.39 is 0 Å². The lowest BCUT2D eigenvalue weighted by Gasteiger charge is -2.53. The van der Waals surface area contributed by atoms with Crippen molar-refractivity contribution >= 4 is 0 Å². The summed E-state index contributed by atoms with van der Waals surface area (Å²) < 4.78 is 19.7. The molecule has 3 heteroatoms. The topological polar surface area (TPSA) is 21.3 Å². The first-order valence-electron chi connectivity index (χ1n) is 7.62. The summed E-state index contributed by atoms with van der Waals surface area (Å²) in [6.45, 7) is 9.33. The molecule has 1 aliphatic rings. The van der Waals surface area contributed by atoms with Gasteiger partial charge in [0.2, 0.25) is 0 Å². The standard InChI is InChI=1S/C17H26FNO/c1-5-14(12-9-7-8-10-13(12)18)19-15-11-16(20-6-2)17(15,3)4/h7-10,14-16,19H,5-6,11H2,1-4H3. The molecule has 1 aliphatic carbocycles. The third-order valence-electron chi connectivity index (χ3n) is 4.64. The first-order valence-corrected chi connectivity index (χ1v) is 7.62. The molecule has 1 aromatic carbocycles. The molecule has 0 radical (unpaired) electrons. The van der Waals surface area contributed by atoms with Crippen LogP contribution >= 0.6 is 0 Å². The highest BCUT2D eigenvalue weighted by Gasteiger charge is 2.49. The van der Waals surface area contributed by atoms with Crippen LogP contribution in [0, 0.1) is 11.2 Å². The third kappa shape index (κ3) is 2.89. The van der Waals surface area contributed by atoms with Crippen LogP contribution in [-0.4, -0.2) is 18.8 Å². The van der Waals surface area contributed by atoms with Gasteiger partial charge in [0, 0.05) is 29.7 Å². The Morgan fingerprint density at radius 1 is 1.35 bits per heavy atom. The maximum atomic E-state index is 13.9. The number of halogens is 1. The molecule has 3 atom stereocenters. The molecular formula is C17H26FNO. The minimum atomic E-state index is -0.120. The Hall–Kier alpha value is -0.930. The number of benzene rings is 1. The van der Waals surface area contributed by atoms with Crippen molar-refractivity contribution in [2.75, 3.05) is 6.61 Å². The monoisotopic (exact) mass is 279 g/mol. The van der Waals surface area contributed by atoms with E-state index in [2.05, 4.69) is 26.1 Å². The minimum Gasteiger partial charge on any atom is -0.378 e. The summed E-state index contributed by atoms with van der Waals surface area (Å²) in [7, 11) is 0. The molecule has 1 N–H and O–H groups in total. The molecule has 0 heterocycles. The zero-order valence-corrected chi connectivity index (χ0v) is 12.9. The molecule has 0 aliphatic heterocycles. The van der Waals surface area contributed by atoms with Crippen molar-refractivity contribution in [2.24, 2.45) is 5.41 Å². The van der Waals surface area contributed by atoms with E-state index in [1.165, 1.54) is 6.07 Å². The molecule has 0 amide bonds. The van der Waals surface area contributed by atoms with Gasteiger partial charge >= 0.3 is 0 Å². The van der Waals surface area contributed by atoms with Crippen LogP contribution in [0.15, 0.2) is 24.3 Å². The summed E-state index contributed by atoms with van der Waals surface area (Å²) >= 11 is 0. The van der Waals surface area contributed by atoms with E-state index in [0.717, 1.165) is 25.0 Å². The van der Waals surface area contributed by atoms with E-state index in [0.29, 0.717) is 12.1 Å². The molecule has 0 spiro atoms. The van der Waals surface area contributed by atoms with Gasteiger partial charge in [-0.1, -0.05) is 39.0 Å². The van der Waals surface area contributed by atoms with E-state index in [9.17, 15) is 4.39 Å². The fourth-order valence-electron chi connectivity index (χ4n) is 3.08. The highest BCUT2D eigenvalue weighted by atomic mass is 19.1. The molecule has 0 saturated heterocycles. The van der Waals surface area contributed by atoms with Gasteiger partial charge in [-0.25, -0.2) is 4.39 Å². The van der Waals surface area contributed by atoms with Gasteiger partial charge in [0.15, 0.2) is 0 Å². The Balaban J connectivity index is 2.04. The SMILES string of the molecule is CCOC1CC(NC(CC)c2ccccc2F)C1(C)C. The Kier molecular flexibility index (Phi) is 4.82. The molecule has 3 unspecified atom stereocenters. The maximum Gasteiger partial charge on any atom is 0.127 e. The van der Waals surface area contributed by atoms with Gasteiger partial charge in [-0.3, -0.25) is 0 Å². The lowest BCUT2D eigenvalue weighted by Crippen LogP contribution is -2.61. The van der Waals surface area contributed by atoms with E-state index >= 15 is 0 Å². The van der Waals surface area contributed by atoms with Crippen LogP contribution in [0.4, 0.5) is 4.39 Å². The zero-order chi connectivity index (χ0) is 14.8. The van der Waals surface area contributed by atoms with Gasteiger partial charge in [-0.05, 0) is 25.8 Å². The Morgan fingerprint density at radius 3 is 2.60 bits per heavy atom. The van der Waals surface area contributed by atoms with E-state index in [1.807, 2.05) is 19.1 Å². The van der Waals surface area contributed by atoms with Crippen molar-refractivity contribution in [3.63, 3.8) is 0 Å². The zero-order valence-electron chi connectivity index (χ0n) is 12.9. The molecule has 2 rings (SSSR count). The number of ether oxygens (including phenoxy) is 1. The van der Waals surface area contributed by atoms with Crippen LogP contribution in [0.3, 0.4) is 0 Å². The van der Waals surface area contributed by atoms with Crippen molar-refractivity contribution in [1.82, 2.24) is 5.32 Å². The van der Waals surface area contributed by atoms with Gasteiger partial charge in [-0.2, -0.15) is 0 Å². The fourth-order valence-corrected chi connectivity index (χ4v) is 3.08. The van der Waals surface area contributed by atoms with Crippen molar-refractivity contribution in [1.29, 1.82) is 0 Å². The van der Waals surface area contributed by atoms with Gasteiger partial charge in [0.25, 0.3) is 0 Å². The van der Waals surface area contributed by atoms with Crippen LogP contribution in [0.5, 0.6) is 0 Å². The van der Waals surface area contributed by atoms with Gasteiger partial charge in [0.1, 0.15) is 5.82 Å². The largest absolute Gasteiger partial charge is 0.378 e. The van der Waals surface area contributed by atoms with Crippen LogP contribution in [0.1, 0.15) is 52.1 Å². The lowest BCUT2D eigenvalue weighted by atomic mass is 9.64. The lowest BCUT2D eigenvalue weighted by molar-refractivity contribution is -0.116. The average molecular weight is 279 g/mol.